The molecule has 0 radical (unpaired) electrons. The van der Waals surface area contributed by atoms with Crippen molar-refractivity contribution in [2.24, 2.45) is 0 Å². The van der Waals surface area contributed by atoms with Crippen LogP contribution < -0.4 is 0 Å². The highest BCUT2D eigenvalue weighted by Crippen LogP contribution is 2.29. The van der Waals surface area contributed by atoms with Crippen LogP contribution in [0.2, 0.25) is 0 Å². The molecule has 1 heterocycles. The Balaban J connectivity index is 2.74. The Labute approximate surface area is 77.0 Å². The molecule has 11 heavy (non-hydrogen) atoms. The Morgan fingerprint density at radius 3 is 3.00 bits per heavy atom. The number of aliphatic hydroxyl groups is 1. The van der Waals surface area contributed by atoms with Crippen LogP contribution in [0.3, 0.4) is 0 Å². The molecule has 4 heteroatoms. The van der Waals surface area contributed by atoms with Gasteiger partial charge in [-0.15, -0.1) is 11.3 Å². The van der Waals surface area contributed by atoms with Crippen molar-refractivity contribution in [2.45, 2.75) is 12.5 Å². The van der Waals surface area contributed by atoms with Crippen LogP contribution in [0.1, 0.15) is 17.4 Å². The molecule has 1 rings (SSSR count). The molecule has 1 N–H and O–H groups in total. The molecule has 0 saturated heterocycles. The summed E-state index contributed by atoms with van der Waals surface area (Å²) in [7, 11) is 0. The molecule has 0 saturated carbocycles. The zero-order chi connectivity index (χ0) is 8.27. The molecule has 1 aromatic heterocycles. The van der Waals surface area contributed by atoms with Crippen LogP contribution in [0.4, 0.5) is 0 Å². The smallest absolute Gasteiger partial charge is 0.122 e. The molecule has 0 spiro atoms. The maximum atomic E-state index is 10.1. The van der Waals surface area contributed by atoms with Crippen molar-refractivity contribution in [2.75, 3.05) is 0 Å². The van der Waals surface area contributed by atoms with Gasteiger partial charge in [0, 0.05) is 15.8 Å². The first-order chi connectivity index (χ1) is 5.25. The Bertz CT molecular complexity index is 246. The Kier molecular flexibility index (Phi) is 3.23. The quantitative estimate of drug-likeness (QED) is 0.815. The maximum absolute atomic E-state index is 10.1. The summed E-state index contributed by atoms with van der Waals surface area (Å²) in [5.74, 6) is 0. The summed E-state index contributed by atoms with van der Waals surface area (Å²) in [4.78, 5) is 10.9. The number of rotatable bonds is 3. The Morgan fingerprint density at radius 2 is 2.55 bits per heavy atom. The van der Waals surface area contributed by atoms with E-state index in [0.717, 1.165) is 15.6 Å². The lowest BCUT2D eigenvalue weighted by molar-refractivity contribution is -0.109. The fraction of sp³-hybridized carbons (Fsp3) is 0.286. The lowest BCUT2D eigenvalue weighted by atomic mass is 10.2. The topological polar surface area (TPSA) is 37.3 Å². The second-order valence-corrected chi connectivity index (χ2v) is 3.85. The predicted molar refractivity (Wildman–Crippen MR) is 47.7 cm³/mol. The van der Waals surface area contributed by atoms with Crippen molar-refractivity contribution < 1.29 is 9.90 Å². The molecule has 0 aromatic carbocycles. The van der Waals surface area contributed by atoms with E-state index >= 15 is 0 Å². The van der Waals surface area contributed by atoms with Crippen molar-refractivity contribution in [3.8, 4) is 0 Å². The standard InChI is InChI=1S/C7H7BrO2S/c8-5-2-4-11-7(5)6(10)1-3-9/h2-4,6,10H,1H2. The minimum atomic E-state index is -0.651. The zero-order valence-electron chi connectivity index (χ0n) is 5.66. The van der Waals surface area contributed by atoms with Gasteiger partial charge in [0.1, 0.15) is 6.29 Å². The van der Waals surface area contributed by atoms with Gasteiger partial charge < -0.3 is 9.90 Å². The average molecular weight is 235 g/mol. The zero-order valence-corrected chi connectivity index (χ0v) is 8.06. The number of carbonyl (C=O) groups is 1. The van der Waals surface area contributed by atoms with Gasteiger partial charge in [-0.3, -0.25) is 0 Å². The van der Waals surface area contributed by atoms with Gasteiger partial charge in [-0.2, -0.15) is 0 Å². The van der Waals surface area contributed by atoms with E-state index < -0.39 is 6.10 Å². The van der Waals surface area contributed by atoms with Gasteiger partial charge in [-0.05, 0) is 27.4 Å². The van der Waals surface area contributed by atoms with Gasteiger partial charge >= 0.3 is 0 Å². The van der Waals surface area contributed by atoms with Gasteiger partial charge in [-0.1, -0.05) is 0 Å². The van der Waals surface area contributed by atoms with Crippen molar-refractivity contribution >= 4 is 33.6 Å². The van der Waals surface area contributed by atoms with Crippen LogP contribution in [0, 0.1) is 0 Å². The first-order valence-electron chi connectivity index (χ1n) is 3.10. The molecule has 0 bridgehead atoms. The summed E-state index contributed by atoms with van der Waals surface area (Å²) >= 11 is 4.71. The Hall–Kier alpha value is -0.190. The van der Waals surface area contributed by atoms with Crippen LogP contribution in [-0.2, 0) is 4.79 Å². The first kappa shape index (κ1) is 8.90. The van der Waals surface area contributed by atoms with Crippen molar-refractivity contribution in [1.29, 1.82) is 0 Å². The highest BCUT2D eigenvalue weighted by atomic mass is 79.9. The minimum Gasteiger partial charge on any atom is -0.387 e. The average Bonchev–Trinajstić information content (AvgIpc) is 2.36. The largest absolute Gasteiger partial charge is 0.387 e. The summed E-state index contributed by atoms with van der Waals surface area (Å²) in [6, 6.07) is 1.86. The number of aldehydes is 1. The second-order valence-electron chi connectivity index (χ2n) is 2.05. The molecule has 0 fully saturated rings. The van der Waals surface area contributed by atoms with E-state index in [9.17, 15) is 9.90 Å². The molecule has 60 valence electrons. The van der Waals surface area contributed by atoms with E-state index in [4.69, 9.17) is 0 Å². The lowest BCUT2D eigenvalue weighted by Gasteiger charge is -2.03. The third-order valence-corrected chi connectivity index (χ3v) is 3.24. The Morgan fingerprint density at radius 1 is 1.82 bits per heavy atom. The van der Waals surface area contributed by atoms with Crippen molar-refractivity contribution in [3.05, 3.63) is 20.8 Å². The second kappa shape index (κ2) is 3.99. The highest BCUT2D eigenvalue weighted by molar-refractivity contribution is 9.10. The molecule has 0 amide bonds. The van der Waals surface area contributed by atoms with Crippen LogP contribution in [0.25, 0.3) is 0 Å². The molecule has 0 aliphatic rings. The monoisotopic (exact) mass is 234 g/mol. The van der Waals surface area contributed by atoms with Gasteiger partial charge in [0.25, 0.3) is 0 Å². The maximum Gasteiger partial charge on any atom is 0.122 e. The van der Waals surface area contributed by atoms with Gasteiger partial charge in [-0.25, -0.2) is 0 Å². The number of aliphatic hydroxyl groups excluding tert-OH is 1. The number of hydrogen-bond donors (Lipinski definition) is 1. The SMILES string of the molecule is O=CCC(O)c1sccc1Br. The molecule has 0 aliphatic carbocycles. The summed E-state index contributed by atoms with van der Waals surface area (Å²) in [5.41, 5.74) is 0. The molecular weight excluding hydrogens is 228 g/mol. The molecule has 1 aromatic rings. The summed E-state index contributed by atoms with van der Waals surface area (Å²) in [6.07, 6.45) is 0.234. The van der Waals surface area contributed by atoms with E-state index in [1.54, 1.807) is 0 Å². The summed E-state index contributed by atoms with van der Waals surface area (Å²) in [6.45, 7) is 0. The van der Waals surface area contributed by atoms with Crippen molar-refractivity contribution in [3.63, 3.8) is 0 Å². The summed E-state index contributed by atoms with van der Waals surface area (Å²) < 4.78 is 0.872. The molecule has 1 atom stereocenters. The predicted octanol–water partition coefficient (Wildman–Crippen LogP) is 2.13. The van der Waals surface area contributed by atoms with Crippen LogP contribution >= 0.6 is 27.3 Å². The third kappa shape index (κ3) is 2.12. The summed E-state index contributed by atoms with van der Waals surface area (Å²) in [5, 5.41) is 11.2. The van der Waals surface area contributed by atoms with Crippen LogP contribution in [-0.4, -0.2) is 11.4 Å². The van der Waals surface area contributed by atoms with E-state index in [-0.39, 0.29) is 6.42 Å². The highest BCUT2D eigenvalue weighted by Gasteiger charge is 2.11. The van der Waals surface area contributed by atoms with Gasteiger partial charge in [0.2, 0.25) is 0 Å². The molecular formula is C7H7BrO2S. The van der Waals surface area contributed by atoms with Crippen LogP contribution in [0.15, 0.2) is 15.9 Å². The van der Waals surface area contributed by atoms with E-state index in [1.165, 1.54) is 11.3 Å². The lowest BCUT2D eigenvalue weighted by Crippen LogP contribution is -1.95. The minimum absolute atomic E-state index is 0.166. The first-order valence-corrected chi connectivity index (χ1v) is 4.77. The third-order valence-electron chi connectivity index (χ3n) is 1.27. The van der Waals surface area contributed by atoms with Gasteiger partial charge in [0.15, 0.2) is 0 Å². The van der Waals surface area contributed by atoms with E-state index in [1.807, 2.05) is 11.4 Å². The molecule has 1 unspecified atom stereocenters. The van der Waals surface area contributed by atoms with Gasteiger partial charge in [0.05, 0.1) is 6.10 Å². The number of halogens is 1. The fourth-order valence-corrected chi connectivity index (χ4v) is 2.38. The molecule has 2 nitrogen and oxygen atoms in total. The fourth-order valence-electron chi connectivity index (χ4n) is 0.741. The van der Waals surface area contributed by atoms with Crippen molar-refractivity contribution in [1.82, 2.24) is 0 Å². The number of carbonyl (C=O) groups excluding carboxylic acids is 1. The van der Waals surface area contributed by atoms with E-state index in [2.05, 4.69) is 15.9 Å². The normalized spacial score (nSPS) is 12.9. The van der Waals surface area contributed by atoms with Crippen LogP contribution in [0.5, 0.6) is 0 Å². The number of hydrogen-bond acceptors (Lipinski definition) is 3. The van der Waals surface area contributed by atoms with E-state index in [0.29, 0.717) is 0 Å². The molecule has 0 aliphatic heterocycles. The number of thiophene rings is 1.